The number of ether oxygens (including phenoxy) is 1. The highest BCUT2D eigenvalue weighted by molar-refractivity contribution is 5.71. The number of aryl methyl sites for hydroxylation is 1. The van der Waals surface area contributed by atoms with E-state index in [-0.39, 0.29) is 0 Å². The van der Waals surface area contributed by atoms with E-state index >= 15 is 0 Å². The van der Waals surface area contributed by atoms with Gasteiger partial charge in [-0.1, -0.05) is 13.3 Å². The summed E-state index contributed by atoms with van der Waals surface area (Å²) < 4.78 is 7.27. The molecule has 0 saturated heterocycles. The van der Waals surface area contributed by atoms with Crippen LogP contribution in [-0.2, 0) is 11.3 Å². The first-order chi connectivity index (χ1) is 7.38. The van der Waals surface area contributed by atoms with Crippen LogP contribution in [0.1, 0.15) is 36.7 Å². The molecule has 4 nitrogen and oxygen atoms in total. The molecule has 84 valence electrons. The Kier molecular flexibility index (Phi) is 5.70. The summed E-state index contributed by atoms with van der Waals surface area (Å²) in [4.78, 5) is 14.5. The highest BCUT2D eigenvalue weighted by atomic mass is 16.5. The van der Waals surface area contributed by atoms with Gasteiger partial charge in [-0.15, -0.1) is 0 Å². The smallest absolute Gasteiger partial charge is 0.168 e. The van der Waals surface area contributed by atoms with E-state index in [1.807, 2.05) is 4.57 Å². The summed E-state index contributed by atoms with van der Waals surface area (Å²) in [6.07, 6.45) is 7.27. The van der Waals surface area contributed by atoms with Gasteiger partial charge in [-0.25, -0.2) is 4.98 Å². The maximum atomic E-state index is 10.6. The summed E-state index contributed by atoms with van der Waals surface area (Å²) in [5, 5.41) is 0. The van der Waals surface area contributed by atoms with Crippen molar-refractivity contribution in [2.45, 2.75) is 32.7 Å². The summed E-state index contributed by atoms with van der Waals surface area (Å²) in [5.74, 6) is 0. The van der Waals surface area contributed by atoms with Gasteiger partial charge >= 0.3 is 0 Å². The van der Waals surface area contributed by atoms with Gasteiger partial charge in [0.2, 0.25) is 0 Å². The second-order valence-corrected chi connectivity index (χ2v) is 3.45. The third-order valence-corrected chi connectivity index (χ3v) is 2.20. The lowest BCUT2D eigenvalue weighted by Crippen LogP contribution is -2.05. The Morgan fingerprint density at radius 2 is 2.27 bits per heavy atom. The van der Waals surface area contributed by atoms with Crippen molar-refractivity contribution < 1.29 is 9.53 Å². The maximum Gasteiger partial charge on any atom is 0.168 e. The number of hydrogen-bond acceptors (Lipinski definition) is 3. The molecule has 15 heavy (non-hydrogen) atoms. The van der Waals surface area contributed by atoms with Crippen molar-refractivity contribution in [1.29, 1.82) is 0 Å². The van der Waals surface area contributed by atoms with E-state index < -0.39 is 0 Å². The highest BCUT2D eigenvalue weighted by Gasteiger charge is 1.99. The molecule has 0 atom stereocenters. The first-order valence-corrected chi connectivity index (χ1v) is 5.41. The third kappa shape index (κ3) is 4.25. The minimum Gasteiger partial charge on any atom is -0.381 e. The molecule has 0 amide bonds. The van der Waals surface area contributed by atoms with Crippen molar-refractivity contribution >= 4 is 6.29 Å². The highest BCUT2D eigenvalue weighted by Crippen LogP contribution is 1.98. The number of unbranched alkanes of at least 4 members (excludes halogenated alkanes) is 1. The number of imidazole rings is 1. The fourth-order valence-corrected chi connectivity index (χ4v) is 1.30. The molecule has 1 rings (SSSR count). The zero-order chi connectivity index (χ0) is 10.9. The zero-order valence-corrected chi connectivity index (χ0v) is 9.19. The molecule has 0 radical (unpaired) electrons. The summed E-state index contributed by atoms with van der Waals surface area (Å²) in [5.41, 5.74) is 0.628. The van der Waals surface area contributed by atoms with Gasteiger partial charge in [0, 0.05) is 19.8 Å². The Bertz CT molecular complexity index is 284. The van der Waals surface area contributed by atoms with E-state index in [1.54, 1.807) is 12.5 Å². The second-order valence-electron chi connectivity index (χ2n) is 3.45. The van der Waals surface area contributed by atoms with E-state index in [1.165, 1.54) is 0 Å². The van der Waals surface area contributed by atoms with Crippen LogP contribution in [0.4, 0.5) is 0 Å². The number of rotatable bonds is 8. The normalized spacial score (nSPS) is 10.5. The number of nitrogens with zero attached hydrogens (tertiary/aromatic N) is 2. The SMILES string of the molecule is CCCCOCCCn1cncc1C=O. The molecule has 1 heterocycles. The number of hydrogen-bond donors (Lipinski definition) is 0. The lowest BCUT2D eigenvalue weighted by atomic mass is 10.3. The van der Waals surface area contributed by atoms with Crippen molar-refractivity contribution in [2.75, 3.05) is 13.2 Å². The molecule has 0 fully saturated rings. The van der Waals surface area contributed by atoms with E-state index in [0.29, 0.717) is 5.69 Å². The van der Waals surface area contributed by atoms with Crippen LogP contribution in [0.5, 0.6) is 0 Å². The Balaban J connectivity index is 2.12. The van der Waals surface area contributed by atoms with Gasteiger partial charge < -0.3 is 9.30 Å². The maximum absolute atomic E-state index is 10.6. The Labute approximate surface area is 90.3 Å². The van der Waals surface area contributed by atoms with Gasteiger partial charge in [-0.05, 0) is 12.8 Å². The number of aromatic nitrogens is 2. The number of aldehydes is 1. The predicted octanol–water partition coefficient (Wildman–Crippen LogP) is 1.90. The molecule has 0 saturated carbocycles. The van der Waals surface area contributed by atoms with Gasteiger partial charge in [-0.2, -0.15) is 0 Å². The standard InChI is InChI=1S/C11H18N2O2/c1-2-3-6-15-7-4-5-13-10-12-8-11(13)9-14/h8-10H,2-7H2,1H3. The minimum atomic E-state index is 0.628. The number of carbonyl (C=O) groups is 1. The van der Waals surface area contributed by atoms with E-state index in [4.69, 9.17) is 4.74 Å². The van der Waals surface area contributed by atoms with Crippen molar-refractivity contribution in [2.24, 2.45) is 0 Å². The molecule has 4 heteroatoms. The fraction of sp³-hybridized carbons (Fsp3) is 0.636. The molecular weight excluding hydrogens is 192 g/mol. The first kappa shape index (κ1) is 11.9. The van der Waals surface area contributed by atoms with Gasteiger partial charge in [0.1, 0.15) is 5.69 Å². The first-order valence-electron chi connectivity index (χ1n) is 5.41. The molecule has 0 unspecified atom stereocenters. The van der Waals surface area contributed by atoms with Crippen LogP contribution in [0.25, 0.3) is 0 Å². The summed E-state index contributed by atoms with van der Waals surface area (Å²) in [6, 6.07) is 0. The van der Waals surface area contributed by atoms with E-state index in [2.05, 4.69) is 11.9 Å². The molecule has 0 aliphatic heterocycles. The minimum absolute atomic E-state index is 0.628. The van der Waals surface area contributed by atoms with Crippen molar-refractivity contribution in [1.82, 2.24) is 9.55 Å². The Morgan fingerprint density at radius 1 is 1.47 bits per heavy atom. The van der Waals surface area contributed by atoms with Gasteiger partial charge in [0.15, 0.2) is 6.29 Å². The quantitative estimate of drug-likeness (QED) is 0.486. The van der Waals surface area contributed by atoms with E-state index in [0.717, 1.165) is 45.3 Å². The lowest BCUT2D eigenvalue weighted by molar-refractivity contribution is 0.111. The average molecular weight is 210 g/mol. The van der Waals surface area contributed by atoms with Crippen LogP contribution < -0.4 is 0 Å². The summed E-state index contributed by atoms with van der Waals surface area (Å²) >= 11 is 0. The molecule has 0 aliphatic rings. The monoisotopic (exact) mass is 210 g/mol. The van der Waals surface area contributed by atoms with Gasteiger partial charge in [0.05, 0.1) is 12.5 Å². The van der Waals surface area contributed by atoms with Crippen LogP contribution in [0.15, 0.2) is 12.5 Å². The Morgan fingerprint density at radius 3 is 3.00 bits per heavy atom. The number of carbonyl (C=O) groups excluding carboxylic acids is 1. The molecule has 1 aromatic rings. The zero-order valence-electron chi connectivity index (χ0n) is 9.19. The average Bonchev–Trinajstić information content (AvgIpc) is 2.70. The third-order valence-electron chi connectivity index (χ3n) is 2.20. The van der Waals surface area contributed by atoms with Crippen molar-refractivity contribution in [3.63, 3.8) is 0 Å². The van der Waals surface area contributed by atoms with Crippen LogP contribution >= 0.6 is 0 Å². The van der Waals surface area contributed by atoms with Crippen molar-refractivity contribution in [3.8, 4) is 0 Å². The Hall–Kier alpha value is -1.16. The van der Waals surface area contributed by atoms with Crippen LogP contribution in [0.3, 0.4) is 0 Å². The molecule has 1 aromatic heterocycles. The fourth-order valence-electron chi connectivity index (χ4n) is 1.30. The molecular formula is C11H18N2O2. The molecule has 0 bridgehead atoms. The van der Waals surface area contributed by atoms with Gasteiger partial charge in [0.25, 0.3) is 0 Å². The van der Waals surface area contributed by atoms with Crippen LogP contribution in [-0.4, -0.2) is 29.1 Å². The molecule has 0 aromatic carbocycles. The molecule has 0 spiro atoms. The molecule has 0 N–H and O–H groups in total. The topological polar surface area (TPSA) is 44.1 Å². The second kappa shape index (κ2) is 7.17. The summed E-state index contributed by atoms with van der Waals surface area (Å²) in [7, 11) is 0. The summed E-state index contributed by atoms with van der Waals surface area (Å²) in [6.45, 7) is 4.52. The predicted molar refractivity (Wildman–Crippen MR) is 58.0 cm³/mol. The van der Waals surface area contributed by atoms with Gasteiger partial charge in [-0.3, -0.25) is 4.79 Å². The molecule has 0 aliphatic carbocycles. The largest absolute Gasteiger partial charge is 0.381 e. The van der Waals surface area contributed by atoms with E-state index in [9.17, 15) is 4.79 Å². The van der Waals surface area contributed by atoms with Crippen molar-refractivity contribution in [3.05, 3.63) is 18.2 Å². The van der Waals surface area contributed by atoms with Crippen LogP contribution in [0, 0.1) is 0 Å². The van der Waals surface area contributed by atoms with Crippen LogP contribution in [0.2, 0.25) is 0 Å². The lowest BCUT2D eigenvalue weighted by Gasteiger charge is -2.05.